The molecule has 0 saturated carbocycles. The Kier molecular flexibility index (Phi) is 8.63. The van der Waals surface area contributed by atoms with Crippen LogP contribution in [-0.4, -0.2) is 10.4 Å². The van der Waals surface area contributed by atoms with Gasteiger partial charge in [-0.25, -0.2) is 0 Å². The van der Waals surface area contributed by atoms with Crippen molar-refractivity contribution in [2.45, 2.75) is 0 Å². The molecule has 210 valence electrons. The van der Waals surface area contributed by atoms with Crippen LogP contribution in [0.2, 0.25) is 0 Å². The van der Waals surface area contributed by atoms with Gasteiger partial charge in [0.25, 0.3) is 0 Å². The molecule has 0 aliphatic rings. The van der Waals surface area contributed by atoms with Gasteiger partial charge < -0.3 is 4.98 Å². The molecule has 6 aromatic rings. The van der Waals surface area contributed by atoms with Crippen molar-refractivity contribution in [3.63, 3.8) is 0 Å². The average Bonchev–Trinajstić information content (AvgIpc) is 3.09. The average molecular weight is 575 g/mol. The second-order valence-corrected chi connectivity index (χ2v) is 10.4. The number of benzene rings is 6. The fourth-order valence-corrected chi connectivity index (χ4v) is 5.74. The highest BCUT2D eigenvalue weighted by Crippen LogP contribution is 2.41. The molecule has 0 atom stereocenters. The van der Waals surface area contributed by atoms with E-state index in [1.165, 1.54) is 0 Å². The van der Waals surface area contributed by atoms with Crippen molar-refractivity contribution in [3.8, 4) is 0 Å². The van der Waals surface area contributed by atoms with Crippen LogP contribution < -0.4 is 19.7 Å². The first kappa shape index (κ1) is 27.6. The van der Waals surface area contributed by atoms with E-state index < -0.39 is 0 Å². The first-order chi connectivity index (χ1) is 21.3. The number of anilines is 6. The van der Waals surface area contributed by atoms with E-state index >= 15 is 0 Å². The van der Waals surface area contributed by atoms with Gasteiger partial charge in [0, 0.05) is 34.1 Å². The molecule has 0 aliphatic carbocycles. The lowest BCUT2D eigenvalue weighted by atomic mass is 10.1. The number of para-hydroxylation sites is 6. The summed E-state index contributed by atoms with van der Waals surface area (Å²) in [5, 5.41) is 0. The molecule has 4 nitrogen and oxygen atoms in total. The summed E-state index contributed by atoms with van der Waals surface area (Å²) in [4.78, 5) is 10.8. The maximum Gasteiger partial charge on any atom is 0.164 e. The van der Waals surface area contributed by atoms with Crippen molar-refractivity contribution in [2.24, 2.45) is 0 Å². The zero-order valence-electron chi connectivity index (χ0n) is 24.2. The van der Waals surface area contributed by atoms with Crippen molar-refractivity contribution in [2.75, 3.05) is 14.7 Å². The zero-order valence-corrected chi connectivity index (χ0v) is 26.2. The van der Waals surface area contributed by atoms with Crippen LogP contribution in [-0.2, 0) is 0 Å². The molecule has 0 bridgehead atoms. The minimum atomic E-state index is 0.708. The smallest absolute Gasteiger partial charge is 0.164 e. The Balaban J connectivity index is 1.75. The van der Waals surface area contributed by atoms with Crippen LogP contribution in [0, 0.1) is 0 Å². The Labute approximate surface area is 257 Å². The van der Waals surface area contributed by atoms with Crippen LogP contribution in [0.3, 0.4) is 0 Å². The minimum Gasteiger partial charge on any atom is -0.402 e. The Morgan fingerprint density at radius 1 is 0.326 bits per heavy atom. The summed E-state index contributed by atoms with van der Waals surface area (Å²) in [6.45, 7) is 0. The third kappa shape index (κ3) is 6.08. The summed E-state index contributed by atoms with van der Waals surface area (Å²) < 4.78 is 0. The largest absolute Gasteiger partial charge is 0.402 e. The highest BCUT2D eigenvalue weighted by molar-refractivity contribution is 6.06. The highest BCUT2D eigenvalue weighted by Gasteiger charge is 2.30. The summed E-state index contributed by atoms with van der Waals surface area (Å²) >= 11 is 0. The molecule has 43 heavy (non-hydrogen) atoms. The Morgan fingerprint density at radius 2 is 0.535 bits per heavy atom. The van der Waals surface area contributed by atoms with Gasteiger partial charge in [-0.05, 0) is 72.8 Å². The topological polar surface area (TPSA) is 21.8 Å². The van der Waals surface area contributed by atoms with E-state index in [1.807, 2.05) is 0 Å². The van der Waals surface area contributed by atoms with Crippen LogP contribution in [0.25, 0.3) is 0 Å². The third-order valence-electron chi connectivity index (χ3n) is 7.18. The van der Waals surface area contributed by atoms with Gasteiger partial charge in [-0.15, -0.1) is 0 Å². The summed E-state index contributed by atoms with van der Waals surface area (Å²) in [7, 11) is 0.708. The van der Waals surface area contributed by atoms with Gasteiger partial charge in [0.05, 0.1) is 0 Å². The number of hydrogen-bond donors (Lipinski definition) is 1. The second-order valence-electron chi connectivity index (χ2n) is 9.94. The van der Waals surface area contributed by atoms with Crippen molar-refractivity contribution in [1.29, 1.82) is 0 Å². The molecule has 0 radical (unpaired) electrons. The van der Waals surface area contributed by atoms with Crippen LogP contribution in [0.1, 0.15) is 0 Å². The third-order valence-corrected chi connectivity index (χ3v) is 7.66. The van der Waals surface area contributed by atoms with Gasteiger partial charge in [0.15, 0.2) is 5.82 Å². The zero-order chi connectivity index (χ0) is 29.3. The van der Waals surface area contributed by atoms with E-state index in [9.17, 15) is 0 Å². The summed E-state index contributed by atoms with van der Waals surface area (Å²) in [6.07, 6.45) is 0. The molecular formula is C38H34N4Si. The molecular weight excluding hydrogens is 541 g/mol. The molecule has 1 N–H and O–H groups in total. The van der Waals surface area contributed by atoms with Gasteiger partial charge in [0.1, 0.15) is 16.2 Å². The van der Waals surface area contributed by atoms with Crippen LogP contribution >= 0.6 is 0 Å². The standard InChI is InChI=1S/C38H34N4Si/c43-39-37(40(31-19-7-1-8-20-31)32-21-9-2-10-22-32)38(41(33-23-11-3-12-24-33)34-25-13-4-14-26-34)42(35-27-15-5-16-28-35)36-29-17-6-18-30-36/h1-30,39H,43H3. The lowest BCUT2D eigenvalue weighted by Gasteiger charge is -2.40. The van der Waals surface area contributed by atoms with Gasteiger partial charge >= 0.3 is 0 Å². The molecule has 5 heteroatoms. The quantitative estimate of drug-likeness (QED) is 0.166. The van der Waals surface area contributed by atoms with E-state index in [0.717, 1.165) is 45.8 Å². The molecule has 6 aromatic carbocycles. The normalized spacial score (nSPS) is 10.5. The fraction of sp³-hybridized carbons (Fsp3) is 0. The molecule has 0 amide bonds. The molecule has 0 saturated heterocycles. The number of hydrogen-bond acceptors (Lipinski definition) is 4. The first-order valence-electron chi connectivity index (χ1n) is 14.5. The van der Waals surface area contributed by atoms with E-state index in [1.54, 1.807) is 0 Å². The summed E-state index contributed by atoms with van der Waals surface area (Å²) in [5.41, 5.74) is 6.33. The number of rotatable bonds is 10. The summed E-state index contributed by atoms with van der Waals surface area (Å²) in [6, 6.07) is 63.5. The van der Waals surface area contributed by atoms with Crippen molar-refractivity contribution < 1.29 is 0 Å². The maximum absolute atomic E-state index is 3.80. The molecule has 6 rings (SSSR count). The molecule has 0 unspecified atom stereocenters. The predicted molar refractivity (Wildman–Crippen MR) is 185 cm³/mol. The lowest BCUT2D eigenvalue weighted by molar-refractivity contribution is 0.935. The van der Waals surface area contributed by atoms with Crippen molar-refractivity contribution >= 4 is 44.5 Å². The Hall–Kier alpha value is -5.52. The van der Waals surface area contributed by atoms with Crippen molar-refractivity contribution in [3.05, 3.63) is 194 Å². The molecule has 0 aromatic heterocycles. The van der Waals surface area contributed by atoms with Gasteiger partial charge in [-0.1, -0.05) is 109 Å². The van der Waals surface area contributed by atoms with Gasteiger partial charge in [-0.3, -0.25) is 14.7 Å². The monoisotopic (exact) mass is 574 g/mol. The molecule has 0 fully saturated rings. The van der Waals surface area contributed by atoms with Gasteiger partial charge in [-0.2, -0.15) is 0 Å². The first-order valence-corrected chi connectivity index (χ1v) is 15.5. The van der Waals surface area contributed by atoms with Crippen molar-refractivity contribution in [1.82, 2.24) is 4.98 Å². The summed E-state index contributed by atoms with van der Waals surface area (Å²) in [5.74, 6) is 1.93. The van der Waals surface area contributed by atoms with E-state index in [-0.39, 0.29) is 0 Å². The fourth-order valence-electron chi connectivity index (χ4n) is 5.29. The Bertz CT molecular complexity index is 1530. The molecule has 0 spiro atoms. The number of nitrogens with one attached hydrogen (secondary N) is 1. The maximum atomic E-state index is 3.80. The van der Waals surface area contributed by atoms with Crippen LogP contribution in [0.5, 0.6) is 0 Å². The molecule has 0 heterocycles. The van der Waals surface area contributed by atoms with E-state index in [4.69, 9.17) is 0 Å². The van der Waals surface area contributed by atoms with Crippen LogP contribution in [0.15, 0.2) is 194 Å². The SMILES string of the molecule is [SiH3]NC(=C(N(c1ccccc1)c1ccccc1)N(c1ccccc1)c1ccccc1)N(c1ccccc1)c1ccccc1. The minimum absolute atomic E-state index is 0.708. The van der Waals surface area contributed by atoms with E-state index in [0.29, 0.717) is 10.4 Å². The highest BCUT2D eigenvalue weighted by atomic mass is 28.2. The van der Waals surface area contributed by atoms with E-state index in [2.05, 4.69) is 202 Å². The predicted octanol–water partition coefficient (Wildman–Crippen LogP) is 8.50. The second kappa shape index (κ2) is 13.4. The van der Waals surface area contributed by atoms with Gasteiger partial charge in [0.2, 0.25) is 0 Å². The Morgan fingerprint density at radius 3 is 0.744 bits per heavy atom. The molecule has 0 aliphatic heterocycles. The van der Waals surface area contributed by atoms with Crippen LogP contribution in [0.4, 0.5) is 34.1 Å². The number of nitrogens with zero attached hydrogens (tertiary/aromatic N) is 3. The lowest BCUT2D eigenvalue weighted by Crippen LogP contribution is -2.39.